The lowest BCUT2D eigenvalue weighted by atomic mass is 10.0. The molecular formula is C17H11N5S. The molecule has 1 aromatic heterocycles. The third kappa shape index (κ3) is 2.89. The summed E-state index contributed by atoms with van der Waals surface area (Å²) in [6.07, 6.45) is 0. The maximum absolute atomic E-state index is 9.23. The van der Waals surface area contributed by atoms with Crippen molar-refractivity contribution in [2.75, 3.05) is 0 Å². The SMILES string of the molecule is Cc1ccc(C2=NNC(c3cccs3)=NC2=C(C#N)C#N)cc1. The number of aryl methyl sites for hydroxylation is 1. The normalized spacial score (nSPS) is 13.3. The highest BCUT2D eigenvalue weighted by atomic mass is 32.1. The molecule has 0 aliphatic carbocycles. The number of thiophene rings is 1. The first-order valence-electron chi connectivity index (χ1n) is 6.81. The number of aliphatic imine (C=N–C) groups is 1. The molecule has 0 atom stereocenters. The Labute approximate surface area is 137 Å². The summed E-state index contributed by atoms with van der Waals surface area (Å²) >= 11 is 1.51. The van der Waals surface area contributed by atoms with Gasteiger partial charge < -0.3 is 0 Å². The van der Waals surface area contributed by atoms with Gasteiger partial charge >= 0.3 is 0 Å². The molecule has 0 bridgehead atoms. The first-order chi connectivity index (χ1) is 11.2. The van der Waals surface area contributed by atoms with Crippen molar-refractivity contribution in [1.29, 1.82) is 10.5 Å². The Bertz CT molecular complexity index is 887. The molecule has 0 saturated carbocycles. The molecule has 1 N–H and O–H groups in total. The van der Waals surface area contributed by atoms with E-state index in [1.807, 2.05) is 60.8 Å². The molecule has 1 aliphatic rings. The molecule has 110 valence electrons. The molecule has 0 amide bonds. The summed E-state index contributed by atoms with van der Waals surface area (Å²) in [7, 11) is 0. The second-order valence-corrected chi connectivity index (χ2v) is 5.77. The molecule has 3 rings (SSSR count). The fraction of sp³-hybridized carbons (Fsp3) is 0.0588. The van der Waals surface area contributed by atoms with E-state index in [1.165, 1.54) is 11.3 Å². The van der Waals surface area contributed by atoms with Gasteiger partial charge in [-0.3, -0.25) is 5.43 Å². The van der Waals surface area contributed by atoms with Crippen LogP contribution in [0.25, 0.3) is 0 Å². The monoisotopic (exact) mass is 317 g/mol. The maximum atomic E-state index is 9.23. The lowest BCUT2D eigenvalue weighted by Gasteiger charge is -2.16. The summed E-state index contributed by atoms with van der Waals surface area (Å²) in [5.41, 5.74) is 5.56. The molecule has 5 nitrogen and oxygen atoms in total. The number of rotatable bonds is 2. The van der Waals surface area contributed by atoms with Gasteiger partial charge in [-0.25, -0.2) is 4.99 Å². The van der Waals surface area contributed by atoms with Gasteiger partial charge in [-0.2, -0.15) is 15.6 Å². The van der Waals surface area contributed by atoms with Crippen molar-refractivity contribution in [1.82, 2.24) is 5.43 Å². The average Bonchev–Trinajstić information content (AvgIpc) is 3.11. The first kappa shape index (κ1) is 14.7. The van der Waals surface area contributed by atoms with Gasteiger partial charge in [0.05, 0.1) is 4.88 Å². The zero-order valence-electron chi connectivity index (χ0n) is 12.2. The van der Waals surface area contributed by atoms with E-state index in [0.29, 0.717) is 17.2 Å². The van der Waals surface area contributed by atoms with Gasteiger partial charge in [0, 0.05) is 5.56 Å². The van der Waals surface area contributed by atoms with Gasteiger partial charge in [0.2, 0.25) is 0 Å². The maximum Gasteiger partial charge on any atom is 0.164 e. The number of hydrogen-bond acceptors (Lipinski definition) is 6. The number of hydrogen-bond donors (Lipinski definition) is 1. The average molecular weight is 317 g/mol. The second kappa shape index (κ2) is 6.27. The van der Waals surface area contributed by atoms with Crippen LogP contribution in [0.4, 0.5) is 0 Å². The van der Waals surface area contributed by atoms with Crippen molar-refractivity contribution in [2.24, 2.45) is 10.1 Å². The summed E-state index contributed by atoms with van der Waals surface area (Å²) in [4.78, 5) is 5.36. The Kier molecular flexibility index (Phi) is 4.01. The van der Waals surface area contributed by atoms with E-state index in [4.69, 9.17) is 0 Å². The molecule has 0 spiro atoms. The number of nitriles is 2. The van der Waals surface area contributed by atoms with Crippen LogP contribution in [0.15, 0.2) is 63.1 Å². The molecule has 1 aliphatic heterocycles. The summed E-state index contributed by atoms with van der Waals surface area (Å²) in [5.74, 6) is 0.536. The van der Waals surface area contributed by atoms with Crippen molar-refractivity contribution >= 4 is 22.9 Å². The predicted octanol–water partition coefficient (Wildman–Crippen LogP) is 3.11. The quantitative estimate of drug-likeness (QED) is 0.864. The summed E-state index contributed by atoms with van der Waals surface area (Å²) < 4.78 is 0. The summed E-state index contributed by atoms with van der Waals surface area (Å²) in [6.45, 7) is 1.99. The van der Waals surface area contributed by atoms with Crippen LogP contribution in [0.1, 0.15) is 16.0 Å². The fourth-order valence-electron chi connectivity index (χ4n) is 2.09. The highest BCUT2D eigenvalue weighted by Gasteiger charge is 2.21. The van der Waals surface area contributed by atoms with Crippen LogP contribution >= 0.6 is 11.3 Å². The van der Waals surface area contributed by atoms with E-state index in [9.17, 15) is 10.5 Å². The van der Waals surface area contributed by atoms with Crippen LogP contribution < -0.4 is 5.43 Å². The van der Waals surface area contributed by atoms with E-state index in [0.717, 1.165) is 16.0 Å². The van der Waals surface area contributed by atoms with Gasteiger partial charge in [-0.15, -0.1) is 11.3 Å². The van der Waals surface area contributed by atoms with Crippen molar-refractivity contribution < 1.29 is 0 Å². The molecule has 1 aromatic carbocycles. The number of benzene rings is 1. The molecule has 23 heavy (non-hydrogen) atoms. The summed E-state index contributed by atoms with van der Waals surface area (Å²) in [5, 5.41) is 24.7. The van der Waals surface area contributed by atoms with Crippen LogP contribution in [0, 0.1) is 29.6 Å². The Morgan fingerprint density at radius 2 is 1.87 bits per heavy atom. The third-order valence-corrected chi connectivity index (χ3v) is 4.14. The Balaban J connectivity index is 2.12. The minimum Gasteiger partial charge on any atom is -0.259 e. The topological polar surface area (TPSA) is 84.3 Å². The van der Waals surface area contributed by atoms with Crippen LogP contribution in [0.5, 0.6) is 0 Å². The van der Waals surface area contributed by atoms with Gasteiger partial charge in [0.15, 0.2) is 11.4 Å². The number of allylic oxidation sites excluding steroid dienone is 2. The standard InChI is InChI=1S/C17H11N5S/c1-11-4-6-12(7-5-11)16-15(13(9-18)10-19)20-17(22-21-16)14-3-2-8-23-14/h2-8H,1H3,(H,20,22). The van der Waals surface area contributed by atoms with Crippen LogP contribution in [-0.2, 0) is 0 Å². The van der Waals surface area contributed by atoms with E-state index in [-0.39, 0.29) is 5.57 Å². The van der Waals surface area contributed by atoms with Crippen LogP contribution in [0.3, 0.4) is 0 Å². The minimum absolute atomic E-state index is 0.0557. The first-order valence-corrected chi connectivity index (χ1v) is 7.69. The van der Waals surface area contributed by atoms with Crippen molar-refractivity contribution in [3.63, 3.8) is 0 Å². The smallest absolute Gasteiger partial charge is 0.164 e. The fourth-order valence-corrected chi connectivity index (χ4v) is 2.76. The number of amidine groups is 1. The molecule has 2 heterocycles. The molecule has 0 radical (unpaired) electrons. The number of hydrazone groups is 1. The highest BCUT2D eigenvalue weighted by molar-refractivity contribution is 7.12. The minimum atomic E-state index is -0.0557. The molecule has 0 unspecified atom stereocenters. The van der Waals surface area contributed by atoms with E-state index >= 15 is 0 Å². The second-order valence-electron chi connectivity index (χ2n) is 4.82. The number of nitrogens with zero attached hydrogens (tertiary/aromatic N) is 4. The van der Waals surface area contributed by atoms with Crippen molar-refractivity contribution in [2.45, 2.75) is 6.92 Å². The zero-order valence-corrected chi connectivity index (χ0v) is 13.1. The van der Waals surface area contributed by atoms with E-state index < -0.39 is 0 Å². The Morgan fingerprint density at radius 3 is 2.48 bits per heavy atom. The van der Waals surface area contributed by atoms with Crippen molar-refractivity contribution in [3.05, 3.63) is 69.1 Å². The molecule has 0 saturated heterocycles. The van der Waals surface area contributed by atoms with E-state index in [2.05, 4.69) is 15.5 Å². The highest BCUT2D eigenvalue weighted by Crippen LogP contribution is 2.21. The molecular weight excluding hydrogens is 306 g/mol. The predicted molar refractivity (Wildman–Crippen MR) is 90.0 cm³/mol. The zero-order chi connectivity index (χ0) is 16.2. The molecule has 0 fully saturated rings. The van der Waals surface area contributed by atoms with E-state index in [1.54, 1.807) is 0 Å². The Hall–Kier alpha value is -3.22. The van der Waals surface area contributed by atoms with Crippen LogP contribution in [-0.4, -0.2) is 11.5 Å². The third-order valence-electron chi connectivity index (χ3n) is 3.26. The van der Waals surface area contributed by atoms with Gasteiger partial charge in [-0.1, -0.05) is 35.9 Å². The Morgan fingerprint density at radius 1 is 1.13 bits per heavy atom. The van der Waals surface area contributed by atoms with Gasteiger partial charge in [0.1, 0.15) is 23.5 Å². The molecule has 6 heteroatoms. The van der Waals surface area contributed by atoms with Gasteiger partial charge in [-0.05, 0) is 18.4 Å². The van der Waals surface area contributed by atoms with Gasteiger partial charge in [0.25, 0.3) is 0 Å². The largest absolute Gasteiger partial charge is 0.259 e. The summed E-state index contributed by atoms with van der Waals surface area (Å²) in [6, 6.07) is 15.3. The lowest BCUT2D eigenvalue weighted by Crippen LogP contribution is -2.27. The molecule has 2 aromatic rings. The van der Waals surface area contributed by atoms with Crippen molar-refractivity contribution in [3.8, 4) is 12.1 Å². The number of nitrogens with one attached hydrogen (secondary N) is 1. The van der Waals surface area contributed by atoms with Crippen LogP contribution in [0.2, 0.25) is 0 Å². The lowest BCUT2D eigenvalue weighted by molar-refractivity contribution is 0.996.